The average Bonchev–Trinajstić information content (AvgIpc) is 3.98. The van der Waals surface area contributed by atoms with Crippen molar-refractivity contribution in [3.05, 3.63) is 184 Å². The van der Waals surface area contributed by atoms with Crippen LogP contribution in [0.4, 0.5) is 11.5 Å². The molecule has 4 heterocycles. The summed E-state index contributed by atoms with van der Waals surface area (Å²) in [5.74, 6) is 2.12. The first-order chi connectivity index (χ1) is 35.6. The molecule has 7 nitrogen and oxygen atoms in total. The first kappa shape index (κ1) is 42.2. The van der Waals surface area contributed by atoms with Gasteiger partial charge in [-0.05, 0) is 17.0 Å². The van der Waals surface area contributed by atoms with Gasteiger partial charge in [0, 0.05) is 12.4 Å². The molecule has 0 saturated carbocycles. The van der Waals surface area contributed by atoms with Crippen LogP contribution in [0.25, 0.3) is 55.9 Å². The molecule has 0 bridgehead atoms. The number of pyridine rings is 1. The summed E-state index contributed by atoms with van der Waals surface area (Å²) in [4.78, 5) is 7.13. The van der Waals surface area contributed by atoms with E-state index in [2.05, 4.69) is 190 Å². The van der Waals surface area contributed by atoms with Crippen LogP contribution in [0.2, 0.25) is 6.82 Å². The summed E-state index contributed by atoms with van der Waals surface area (Å²) in [6.07, 6.45) is 3.73. The number of anilines is 2. The normalized spacial score (nSPS) is 14.2. The third-order valence-electron chi connectivity index (χ3n) is 13.7. The van der Waals surface area contributed by atoms with E-state index in [-0.39, 0.29) is 58.4 Å². The van der Waals surface area contributed by atoms with E-state index in [1.807, 2.05) is 65.5 Å². The van der Waals surface area contributed by atoms with Crippen LogP contribution < -0.4 is 9.55 Å². The molecule has 10 rings (SSSR count). The number of imidazole rings is 1. The van der Waals surface area contributed by atoms with E-state index in [1.54, 1.807) is 0 Å². The van der Waals surface area contributed by atoms with Crippen molar-refractivity contribution in [3.63, 3.8) is 0 Å². The van der Waals surface area contributed by atoms with Crippen molar-refractivity contribution >= 4 is 29.5 Å². The minimum absolute atomic E-state index is 0.0748. The van der Waals surface area contributed by atoms with E-state index in [1.165, 1.54) is 16.7 Å². The molecule has 71 heavy (non-hydrogen) atoms. The van der Waals surface area contributed by atoms with Crippen LogP contribution in [-0.4, -0.2) is 30.8 Å². The van der Waals surface area contributed by atoms with Crippen molar-refractivity contribution < 1.29 is 30.9 Å². The molecular weight excluding hydrogens is 1050 g/mol. The van der Waals surface area contributed by atoms with Crippen LogP contribution in [0.3, 0.4) is 0 Å². The second kappa shape index (κ2) is 17.7. The zero-order valence-corrected chi connectivity index (χ0v) is 45.4. The molecule has 0 spiro atoms. The molecule has 0 fully saturated rings. The van der Waals surface area contributed by atoms with Crippen LogP contribution in [0.15, 0.2) is 158 Å². The number of rotatable bonds is 7. The van der Waals surface area contributed by atoms with Crippen LogP contribution in [0, 0.1) is 3.80 Å². The van der Waals surface area contributed by atoms with Crippen molar-refractivity contribution in [3.8, 4) is 56.4 Å². The second-order valence-corrected chi connectivity index (χ2v) is 24.0. The Morgan fingerprint density at radius 1 is 0.549 bits per heavy atom. The number of ether oxygens (including phenoxy) is 1. The Kier molecular flexibility index (Phi) is 10.5. The van der Waals surface area contributed by atoms with Gasteiger partial charge in [0.15, 0.2) is 0 Å². The summed E-state index contributed by atoms with van der Waals surface area (Å²) >= 11 is 2.39. The maximum atomic E-state index is 9.50. The molecule has 1 aliphatic heterocycles. The Morgan fingerprint density at radius 2 is 1.15 bits per heavy atom. The molecule has 9 aromatic rings. The summed E-state index contributed by atoms with van der Waals surface area (Å²) in [7, 11) is 0. The number of benzene rings is 6. The van der Waals surface area contributed by atoms with Crippen LogP contribution >= 0.6 is 0 Å². The zero-order chi connectivity index (χ0) is 54.7. The van der Waals surface area contributed by atoms with E-state index in [4.69, 9.17) is 18.9 Å². The SMILES string of the molecule is [2H]c1c([2H])c([2H])c(-c2cc(C(C)(C)C)cc(-c3cc(C(C)(C)C)cc(C(C)(C)C)c3)c2-n2[c](=[Pt])n(-c3cccc(Oc4ccc5c(c4)N(c4cc(C(C)(C)C)ccn4)B(C)n4nccc4-5)c3)c3ccccc32)c([2H])c1[2H]. The Balaban J connectivity index is 1.19. The molecule has 0 N–H and O–H groups in total. The predicted octanol–water partition coefficient (Wildman–Crippen LogP) is 16.2. The Morgan fingerprint density at radius 3 is 1.80 bits per heavy atom. The van der Waals surface area contributed by atoms with Gasteiger partial charge in [-0.1, -0.05) is 20.8 Å². The number of hydrogen-bond donors (Lipinski definition) is 0. The quantitative estimate of drug-likeness (QED) is 0.149. The molecule has 0 atom stereocenters. The van der Waals surface area contributed by atoms with E-state index >= 15 is 0 Å². The summed E-state index contributed by atoms with van der Waals surface area (Å²) in [6.45, 7) is 28.4. The molecule has 0 amide bonds. The fraction of sp³-hybridized carbons (Fsp3) is 0.274. The molecular formula is C62H65BN6OPt. The number of hydrogen-bond acceptors (Lipinski definition) is 4. The monoisotopic (exact) mass is 1120 g/mol. The molecule has 0 saturated heterocycles. The summed E-state index contributed by atoms with van der Waals surface area (Å²) in [5, 5.41) is 4.73. The molecule has 0 aliphatic carbocycles. The second-order valence-electron chi connectivity index (χ2n) is 23.0. The first-order valence-electron chi connectivity index (χ1n) is 27.0. The number of para-hydroxylation sites is 2. The van der Waals surface area contributed by atoms with Gasteiger partial charge in [-0.15, -0.1) is 0 Å². The molecule has 1 aliphatic rings. The van der Waals surface area contributed by atoms with E-state index in [9.17, 15) is 2.74 Å². The molecule has 3 aromatic heterocycles. The molecule has 9 heteroatoms. The average molecular weight is 1120 g/mol. The van der Waals surface area contributed by atoms with Crippen LogP contribution in [0.5, 0.6) is 11.5 Å². The van der Waals surface area contributed by atoms with Gasteiger partial charge in [-0.2, -0.15) is 5.10 Å². The first-order valence-corrected chi connectivity index (χ1v) is 25.6. The summed E-state index contributed by atoms with van der Waals surface area (Å²) in [5.41, 5.74) is 12.5. The van der Waals surface area contributed by atoms with Crippen molar-refractivity contribution in [2.24, 2.45) is 0 Å². The molecule has 0 unspecified atom stereocenters. The molecule has 6 aromatic carbocycles. The zero-order valence-electron chi connectivity index (χ0n) is 48.1. The van der Waals surface area contributed by atoms with Gasteiger partial charge in [0.25, 0.3) is 0 Å². The number of aromatic nitrogens is 5. The predicted molar refractivity (Wildman–Crippen MR) is 293 cm³/mol. The van der Waals surface area contributed by atoms with Gasteiger partial charge in [-0.3, -0.25) is 0 Å². The van der Waals surface area contributed by atoms with E-state index < -0.39 is 6.04 Å². The number of nitrogens with zero attached hydrogens (tertiary/aromatic N) is 6. The van der Waals surface area contributed by atoms with Crippen LogP contribution in [-0.2, 0) is 41.0 Å². The minimum atomic E-state index is -0.432. The van der Waals surface area contributed by atoms with Crippen molar-refractivity contribution in [1.29, 1.82) is 0 Å². The summed E-state index contributed by atoms with van der Waals surface area (Å²) < 4.78 is 59.7. The molecule has 0 radical (unpaired) electrons. The van der Waals surface area contributed by atoms with E-state index in [0.717, 1.165) is 60.0 Å². The fourth-order valence-electron chi connectivity index (χ4n) is 9.60. The van der Waals surface area contributed by atoms with Gasteiger partial charge in [-0.25, -0.2) is 0 Å². The van der Waals surface area contributed by atoms with Gasteiger partial charge in [0.2, 0.25) is 0 Å². The van der Waals surface area contributed by atoms with Gasteiger partial charge < -0.3 is 0 Å². The van der Waals surface area contributed by atoms with Gasteiger partial charge in [0.1, 0.15) is 0 Å². The Bertz CT molecular complexity index is 3810. The fourth-order valence-corrected chi connectivity index (χ4v) is 10.7. The Hall–Kier alpha value is -6.50. The van der Waals surface area contributed by atoms with Crippen molar-refractivity contribution in [1.82, 2.24) is 23.8 Å². The van der Waals surface area contributed by atoms with Crippen LogP contribution in [0.1, 0.15) is 112 Å². The third-order valence-corrected chi connectivity index (χ3v) is 14.7. The summed E-state index contributed by atoms with van der Waals surface area (Å²) in [6, 6.07) is 38.2. The Labute approximate surface area is 438 Å². The van der Waals surface area contributed by atoms with E-state index in [0.29, 0.717) is 22.7 Å². The van der Waals surface area contributed by atoms with Crippen molar-refractivity contribution in [2.45, 2.75) is 112 Å². The van der Waals surface area contributed by atoms with Gasteiger partial charge >= 0.3 is 386 Å². The van der Waals surface area contributed by atoms with Gasteiger partial charge in [0.05, 0.1) is 0 Å². The number of fused-ring (bicyclic) bond motifs is 4. The topological polar surface area (TPSA) is 53.0 Å². The maximum absolute atomic E-state index is 9.50. The third kappa shape index (κ3) is 8.99. The van der Waals surface area contributed by atoms with Crippen molar-refractivity contribution in [2.75, 3.05) is 4.81 Å². The molecule has 362 valence electrons. The standard InChI is InChI=1S/C62H65BN6O.Pt/c1-59(2,3)43-28-30-64-57(37-43)68-56-39-49(26-27-50(56)53-29-31-65-69(53)63(68)13)70-48-23-19-22-47(38-48)66-40-67(55-25-18-17-24-54(55)66)58-51(41-20-15-14-16-21-41)35-46(62(10,11)12)36-52(58)42-32-44(60(4,5)6)34-45(33-42)61(7,8)9;/h14-39H,1-13H3;/i14D,15D,16D,20D,21D;.